The molecule has 1 aromatic heterocycles. The molecular weight excluding hydrogens is 186 g/mol. The van der Waals surface area contributed by atoms with Crippen molar-refractivity contribution in [3.63, 3.8) is 0 Å². The molecule has 3 atom stereocenters. The average molecular weight is 205 g/mol. The maximum atomic E-state index is 9.90. The normalized spacial score (nSPS) is 26.3. The van der Waals surface area contributed by atoms with Gasteiger partial charge in [-0.15, -0.1) is 0 Å². The minimum Gasteiger partial charge on any atom is -0.392 e. The van der Waals surface area contributed by atoms with Crippen molar-refractivity contribution in [2.45, 2.75) is 39.2 Å². The van der Waals surface area contributed by atoms with E-state index in [2.05, 4.69) is 24.9 Å². The number of aromatic nitrogens is 1. The van der Waals surface area contributed by atoms with Gasteiger partial charge in [0, 0.05) is 18.3 Å². The Bertz CT molecular complexity index is 320. The van der Waals surface area contributed by atoms with Gasteiger partial charge in [-0.05, 0) is 36.3 Å². The van der Waals surface area contributed by atoms with Crippen molar-refractivity contribution in [1.29, 1.82) is 0 Å². The van der Waals surface area contributed by atoms with Gasteiger partial charge in [0.25, 0.3) is 0 Å². The Morgan fingerprint density at radius 2 is 2.27 bits per heavy atom. The van der Waals surface area contributed by atoms with Gasteiger partial charge in [-0.1, -0.05) is 19.9 Å². The number of hydrogen-bond acceptors (Lipinski definition) is 2. The summed E-state index contributed by atoms with van der Waals surface area (Å²) in [4.78, 5) is 4.36. The van der Waals surface area contributed by atoms with E-state index < -0.39 is 0 Å². The van der Waals surface area contributed by atoms with Crippen LogP contribution in [0.2, 0.25) is 0 Å². The van der Waals surface area contributed by atoms with Crippen LogP contribution in [0.25, 0.3) is 0 Å². The molecule has 0 amide bonds. The molecule has 0 bridgehead atoms. The van der Waals surface area contributed by atoms with E-state index >= 15 is 0 Å². The number of aryl methyl sites for hydroxylation is 1. The van der Waals surface area contributed by atoms with Crippen LogP contribution in [0, 0.1) is 11.8 Å². The summed E-state index contributed by atoms with van der Waals surface area (Å²) in [5.41, 5.74) is 2.27. The first-order valence-electron chi connectivity index (χ1n) is 5.82. The van der Waals surface area contributed by atoms with Gasteiger partial charge in [-0.2, -0.15) is 0 Å². The Morgan fingerprint density at radius 1 is 1.53 bits per heavy atom. The quantitative estimate of drug-likeness (QED) is 0.817. The van der Waals surface area contributed by atoms with E-state index in [9.17, 15) is 5.11 Å². The summed E-state index contributed by atoms with van der Waals surface area (Å²) in [5.74, 6) is 1.22. The number of hydrogen-bond donors (Lipinski definition) is 1. The number of pyridine rings is 1. The van der Waals surface area contributed by atoms with Crippen LogP contribution in [0.15, 0.2) is 18.3 Å². The lowest BCUT2D eigenvalue weighted by Gasteiger charge is -2.09. The standard InChI is InChI=1S/C13H19NO/c1-3-10-4-5-11(14-8-10)7-13(15)12-6-9(12)2/h4-5,8-9,12-13,15H,3,6-7H2,1-2H3. The average Bonchev–Trinajstić information content (AvgIpc) is 2.97. The van der Waals surface area contributed by atoms with Crippen molar-refractivity contribution in [3.05, 3.63) is 29.6 Å². The predicted octanol–water partition coefficient (Wildman–Crippen LogP) is 2.20. The third-order valence-corrected chi connectivity index (χ3v) is 3.38. The summed E-state index contributed by atoms with van der Waals surface area (Å²) in [6.07, 6.45) is 4.63. The van der Waals surface area contributed by atoms with Gasteiger partial charge in [-0.25, -0.2) is 0 Å². The lowest BCUT2D eigenvalue weighted by molar-refractivity contribution is 0.145. The Morgan fingerprint density at radius 3 is 2.73 bits per heavy atom. The Labute approximate surface area is 91.4 Å². The van der Waals surface area contributed by atoms with Crippen molar-refractivity contribution >= 4 is 0 Å². The van der Waals surface area contributed by atoms with Gasteiger partial charge in [0.05, 0.1) is 6.10 Å². The SMILES string of the molecule is CCc1ccc(CC(O)C2CC2C)nc1. The van der Waals surface area contributed by atoms with E-state index in [1.807, 2.05) is 12.3 Å². The molecule has 1 fully saturated rings. The molecule has 1 N–H and O–H groups in total. The van der Waals surface area contributed by atoms with Crippen LogP contribution in [0.3, 0.4) is 0 Å². The molecule has 0 aliphatic heterocycles. The third-order valence-electron chi connectivity index (χ3n) is 3.38. The smallest absolute Gasteiger partial charge is 0.0626 e. The Hall–Kier alpha value is -0.890. The lowest BCUT2D eigenvalue weighted by Crippen LogP contribution is -2.14. The highest BCUT2D eigenvalue weighted by Gasteiger charge is 2.38. The van der Waals surface area contributed by atoms with Crippen molar-refractivity contribution < 1.29 is 5.11 Å². The van der Waals surface area contributed by atoms with Crippen LogP contribution >= 0.6 is 0 Å². The molecule has 0 spiro atoms. The molecule has 15 heavy (non-hydrogen) atoms. The lowest BCUT2D eigenvalue weighted by atomic mass is 10.1. The van der Waals surface area contributed by atoms with Crippen molar-refractivity contribution in [2.24, 2.45) is 11.8 Å². The fourth-order valence-corrected chi connectivity index (χ4v) is 2.04. The zero-order chi connectivity index (χ0) is 10.8. The van der Waals surface area contributed by atoms with Gasteiger partial charge in [-0.3, -0.25) is 4.98 Å². The summed E-state index contributed by atoms with van der Waals surface area (Å²) < 4.78 is 0. The second-order valence-electron chi connectivity index (χ2n) is 4.66. The molecule has 0 saturated heterocycles. The number of rotatable bonds is 4. The number of aliphatic hydroxyl groups is 1. The number of aliphatic hydroxyl groups excluding tert-OH is 1. The minimum absolute atomic E-state index is 0.194. The largest absolute Gasteiger partial charge is 0.392 e. The van der Waals surface area contributed by atoms with E-state index in [1.165, 1.54) is 12.0 Å². The monoisotopic (exact) mass is 205 g/mol. The summed E-state index contributed by atoms with van der Waals surface area (Å²) in [7, 11) is 0. The molecule has 1 saturated carbocycles. The summed E-state index contributed by atoms with van der Waals surface area (Å²) in [6.45, 7) is 4.32. The molecule has 2 rings (SSSR count). The fourth-order valence-electron chi connectivity index (χ4n) is 2.04. The molecule has 2 heteroatoms. The van der Waals surface area contributed by atoms with Crippen LogP contribution in [0.4, 0.5) is 0 Å². The molecule has 1 heterocycles. The van der Waals surface area contributed by atoms with E-state index in [1.54, 1.807) is 0 Å². The van der Waals surface area contributed by atoms with Crippen LogP contribution in [-0.2, 0) is 12.8 Å². The highest BCUT2D eigenvalue weighted by molar-refractivity contribution is 5.14. The maximum absolute atomic E-state index is 9.90. The van der Waals surface area contributed by atoms with Gasteiger partial charge in [0.1, 0.15) is 0 Å². The second kappa shape index (κ2) is 4.31. The number of nitrogens with zero attached hydrogens (tertiary/aromatic N) is 1. The molecule has 1 aromatic rings. The molecule has 1 aliphatic carbocycles. The zero-order valence-corrected chi connectivity index (χ0v) is 9.48. The first-order valence-corrected chi connectivity index (χ1v) is 5.82. The summed E-state index contributed by atoms with van der Waals surface area (Å²) in [5, 5.41) is 9.90. The molecular formula is C13H19NO. The Kier molecular flexibility index (Phi) is 3.06. The first kappa shape index (κ1) is 10.6. The topological polar surface area (TPSA) is 33.1 Å². The van der Waals surface area contributed by atoms with Gasteiger partial charge >= 0.3 is 0 Å². The van der Waals surface area contributed by atoms with Gasteiger partial charge in [0.2, 0.25) is 0 Å². The second-order valence-corrected chi connectivity index (χ2v) is 4.66. The third kappa shape index (κ3) is 2.57. The van der Waals surface area contributed by atoms with E-state index in [0.29, 0.717) is 18.3 Å². The Balaban J connectivity index is 1.92. The molecule has 0 radical (unpaired) electrons. The van der Waals surface area contributed by atoms with Gasteiger partial charge in [0.15, 0.2) is 0 Å². The van der Waals surface area contributed by atoms with E-state index in [4.69, 9.17) is 0 Å². The highest BCUT2D eigenvalue weighted by atomic mass is 16.3. The van der Waals surface area contributed by atoms with Crippen LogP contribution in [0.1, 0.15) is 31.5 Å². The first-order chi connectivity index (χ1) is 7.20. The summed E-state index contributed by atoms with van der Waals surface area (Å²) in [6, 6.07) is 4.14. The molecule has 0 aromatic carbocycles. The maximum Gasteiger partial charge on any atom is 0.0626 e. The fraction of sp³-hybridized carbons (Fsp3) is 0.615. The van der Waals surface area contributed by atoms with E-state index in [-0.39, 0.29) is 6.10 Å². The van der Waals surface area contributed by atoms with Crippen LogP contribution in [-0.4, -0.2) is 16.2 Å². The molecule has 82 valence electrons. The van der Waals surface area contributed by atoms with Crippen molar-refractivity contribution in [1.82, 2.24) is 4.98 Å². The molecule has 2 nitrogen and oxygen atoms in total. The van der Waals surface area contributed by atoms with Crippen molar-refractivity contribution in [3.8, 4) is 0 Å². The highest BCUT2D eigenvalue weighted by Crippen LogP contribution is 2.41. The van der Waals surface area contributed by atoms with Crippen LogP contribution < -0.4 is 0 Å². The minimum atomic E-state index is -0.194. The predicted molar refractivity (Wildman–Crippen MR) is 60.6 cm³/mol. The zero-order valence-electron chi connectivity index (χ0n) is 9.48. The van der Waals surface area contributed by atoms with Gasteiger partial charge < -0.3 is 5.11 Å². The van der Waals surface area contributed by atoms with Crippen LogP contribution in [0.5, 0.6) is 0 Å². The molecule has 3 unspecified atom stereocenters. The summed E-state index contributed by atoms with van der Waals surface area (Å²) >= 11 is 0. The van der Waals surface area contributed by atoms with Crippen molar-refractivity contribution in [2.75, 3.05) is 0 Å². The molecule has 1 aliphatic rings. The van der Waals surface area contributed by atoms with E-state index in [0.717, 1.165) is 12.1 Å².